The summed E-state index contributed by atoms with van der Waals surface area (Å²) in [6.45, 7) is 5.45. The number of fused-ring (bicyclic) bond motifs is 2. The summed E-state index contributed by atoms with van der Waals surface area (Å²) in [6, 6.07) is 7.44. The van der Waals surface area contributed by atoms with Crippen molar-refractivity contribution in [1.82, 2.24) is 35.0 Å². The molecule has 0 spiro atoms. The third kappa shape index (κ3) is 8.83. The first-order valence-electron chi connectivity index (χ1n) is 19.9. The van der Waals surface area contributed by atoms with Crippen molar-refractivity contribution in [3.63, 3.8) is 0 Å². The first-order chi connectivity index (χ1) is 27.3. The Morgan fingerprint density at radius 1 is 1.02 bits per heavy atom. The molecule has 4 N–H and O–H groups in total. The van der Waals surface area contributed by atoms with Crippen molar-refractivity contribution in [2.24, 2.45) is 11.8 Å². The van der Waals surface area contributed by atoms with Gasteiger partial charge in [0.05, 0.1) is 36.6 Å². The minimum atomic E-state index is -5.08. The summed E-state index contributed by atoms with van der Waals surface area (Å²) in [7, 11) is 3.50. The van der Waals surface area contributed by atoms with Crippen LogP contribution in [0.2, 0.25) is 0 Å². The normalized spacial score (nSPS) is 24.7. The van der Waals surface area contributed by atoms with Gasteiger partial charge < -0.3 is 30.7 Å². The number of carbonyl (C=O) groups excluding carboxylic acids is 1. The molecule has 1 saturated carbocycles. The SMILES string of the molecule is CNc1cc(N2CCc3c(CN4CCC(N5CCC(C6CCNCC6)CC5)C(F)(F)C4)cccc32)nn2c(C(=O)N[C@@H]3CC[C@H]3OC)cnc12.O=C(O)C(F)(F)F. The summed E-state index contributed by atoms with van der Waals surface area (Å²) in [4.78, 5) is 32.9. The van der Waals surface area contributed by atoms with E-state index in [1.54, 1.807) is 17.8 Å². The highest BCUT2D eigenvalue weighted by atomic mass is 19.4. The molecule has 3 aromatic rings. The van der Waals surface area contributed by atoms with E-state index in [-0.39, 0.29) is 24.6 Å². The van der Waals surface area contributed by atoms with Gasteiger partial charge in [-0.1, -0.05) is 12.1 Å². The number of methoxy groups -OCH3 is 1. The summed E-state index contributed by atoms with van der Waals surface area (Å²) in [5.74, 6) is -3.60. The average Bonchev–Trinajstić information content (AvgIpc) is 3.82. The first-order valence-corrected chi connectivity index (χ1v) is 19.9. The topological polar surface area (TPSA) is 140 Å². The zero-order chi connectivity index (χ0) is 40.5. The van der Waals surface area contributed by atoms with Gasteiger partial charge in [0.2, 0.25) is 0 Å². The van der Waals surface area contributed by atoms with Crippen LogP contribution in [-0.4, -0.2) is 132 Å². The van der Waals surface area contributed by atoms with Gasteiger partial charge in [0.1, 0.15) is 0 Å². The van der Waals surface area contributed by atoms with Gasteiger partial charge >= 0.3 is 12.1 Å². The molecule has 0 bridgehead atoms. The minimum Gasteiger partial charge on any atom is -0.475 e. The minimum absolute atomic E-state index is 0.0224. The molecule has 1 aromatic carbocycles. The van der Waals surface area contributed by atoms with Crippen molar-refractivity contribution in [3.05, 3.63) is 47.3 Å². The van der Waals surface area contributed by atoms with Gasteiger partial charge in [0, 0.05) is 45.5 Å². The number of hydrogen-bond donors (Lipinski definition) is 4. The molecule has 4 aliphatic heterocycles. The fourth-order valence-corrected chi connectivity index (χ4v) is 9.32. The molecule has 1 unspecified atom stereocenters. The van der Waals surface area contributed by atoms with Crippen LogP contribution in [0.3, 0.4) is 0 Å². The van der Waals surface area contributed by atoms with Crippen LogP contribution in [0.1, 0.15) is 66.6 Å². The van der Waals surface area contributed by atoms with Gasteiger partial charge in [-0.3, -0.25) is 14.6 Å². The van der Waals surface area contributed by atoms with Crippen LogP contribution >= 0.6 is 0 Å². The third-order valence-corrected chi connectivity index (χ3v) is 12.5. The van der Waals surface area contributed by atoms with Crippen molar-refractivity contribution >= 4 is 34.7 Å². The molecule has 5 aliphatic rings. The van der Waals surface area contributed by atoms with Gasteiger partial charge in [-0.05, 0) is 107 Å². The summed E-state index contributed by atoms with van der Waals surface area (Å²) in [6.07, 6.45) is 4.15. The van der Waals surface area contributed by atoms with Crippen LogP contribution in [0.5, 0.6) is 0 Å². The molecule has 4 fully saturated rings. The quantitative estimate of drug-likeness (QED) is 0.219. The molecule has 6 heterocycles. The lowest BCUT2D eigenvalue weighted by Crippen LogP contribution is -2.59. The monoisotopic (exact) mass is 805 g/mol. The van der Waals surface area contributed by atoms with Crippen LogP contribution in [0.15, 0.2) is 30.5 Å². The van der Waals surface area contributed by atoms with Gasteiger partial charge in [-0.2, -0.15) is 13.2 Å². The number of rotatable bonds is 9. The van der Waals surface area contributed by atoms with Crippen molar-refractivity contribution in [1.29, 1.82) is 0 Å². The fraction of sp³-hybridized carbons (Fsp3) is 0.641. The maximum absolute atomic E-state index is 15.9. The molecule has 0 radical (unpaired) electrons. The van der Waals surface area contributed by atoms with Crippen molar-refractivity contribution in [2.45, 2.75) is 88.2 Å². The van der Waals surface area contributed by atoms with Crippen LogP contribution < -0.4 is 20.9 Å². The van der Waals surface area contributed by atoms with E-state index >= 15 is 8.78 Å². The number of benzene rings is 1. The number of anilines is 3. The first kappa shape index (κ1) is 41.0. The Hall–Kier alpha value is -4.13. The van der Waals surface area contributed by atoms with Gasteiger partial charge in [0.15, 0.2) is 17.2 Å². The maximum Gasteiger partial charge on any atom is 0.490 e. The smallest absolute Gasteiger partial charge is 0.475 e. The van der Waals surface area contributed by atoms with Crippen LogP contribution in [0.25, 0.3) is 5.65 Å². The standard InChI is InChI=1S/C37H51F2N9O2.C2HF3O2/c1-40-29-20-34(44-48-31(21-42-35(29)48)36(49)43-28-6-7-32(28)50-2)47-19-12-27-26(4-3-5-30(27)47)22-45-16-13-33(37(38,39)23-45)46-17-10-25(11-18-46)24-8-14-41-15-9-24;3-2(4,5)1(6)7/h3-5,20-21,24-25,28,32-33,40-41H,6-19,22-23H2,1-2H3,(H,43,49);(H,6,7)/t28-,32-,33?;/m1./s1. The number of likely N-dealkylation sites (tertiary alicyclic amines) is 2. The zero-order valence-electron chi connectivity index (χ0n) is 32.3. The van der Waals surface area contributed by atoms with E-state index < -0.39 is 24.1 Å². The van der Waals surface area contributed by atoms with Crippen molar-refractivity contribution in [3.8, 4) is 0 Å². The lowest BCUT2D eigenvalue weighted by atomic mass is 9.78. The molecule has 18 heteroatoms. The number of aliphatic carboxylic acids is 1. The number of alkyl halides is 5. The molecule has 312 valence electrons. The van der Waals surface area contributed by atoms with E-state index in [4.69, 9.17) is 19.7 Å². The Balaban J connectivity index is 0.000000651. The van der Waals surface area contributed by atoms with Crippen LogP contribution in [0.4, 0.5) is 39.1 Å². The van der Waals surface area contributed by atoms with Gasteiger partial charge in [0.25, 0.3) is 11.8 Å². The number of nitrogens with one attached hydrogen (secondary N) is 3. The third-order valence-electron chi connectivity index (χ3n) is 12.5. The van der Waals surface area contributed by atoms with Crippen LogP contribution in [-0.2, 0) is 22.5 Å². The molecule has 1 amide bonds. The number of ether oxygens (including phenoxy) is 1. The summed E-state index contributed by atoms with van der Waals surface area (Å²) >= 11 is 0. The summed E-state index contributed by atoms with van der Waals surface area (Å²) in [5.41, 5.74) is 4.99. The number of imidazole rings is 1. The summed E-state index contributed by atoms with van der Waals surface area (Å²) < 4.78 is 70.5. The largest absolute Gasteiger partial charge is 0.490 e. The highest BCUT2D eigenvalue weighted by Gasteiger charge is 2.48. The van der Waals surface area contributed by atoms with E-state index in [1.165, 1.54) is 18.4 Å². The Kier molecular flexibility index (Phi) is 12.2. The number of halogens is 5. The molecule has 13 nitrogen and oxygen atoms in total. The van der Waals surface area contributed by atoms with Gasteiger partial charge in [-0.15, -0.1) is 5.10 Å². The summed E-state index contributed by atoms with van der Waals surface area (Å²) in [5, 5.41) is 21.8. The lowest BCUT2D eigenvalue weighted by molar-refractivity contribution is -0.192. The number of aromatic nitrogens is 3. The molecule has 57 heavy (non-hydrogen) atoms. The Morgan fingerprint density at radius 3 is 2.37 bits per heavy atom. The highest BCUT2D eigenvalue weighted by Crippen LogP contribution is 2.40. The van der Waals surface area contributed by atoms with Crippen molar-refractivity contribution < 1.29 is 41.4 Å². The number of carbonyl (C=O) groups is 2. The lowest BCUT2D eigenvalue weighted by Gasteiger charge is -2.47. The zero-order valence-corrected chi connectivity index (χ0v) is 32.3. The molecule has 8 rings (SSSR count). The second-order valence-corrected chi connectivity index (χ2v) is 15.8. The molecular formula is C39H52F5N9O4. The van der Waals surface area contributed by atoms with E-state index in [1.807, 2.05) is 24.1 Å². The number of hydrogen-bond acceptors (Lipinski definition) is 10. The predicted molar refractivity (Wildman–Crippen MR) is 203 cm³/mol. The number of piperidine rings is 3. The fourth-order valence-electron chi connectivity index (χ4n) is 9.32. The number of amides is 1. The van der Waals surface area contributed by atoms with E-state index in [0.717, 1.165) is 81.1 Å². The number of carboxylic acid groups (broad SMARTS) is 1. The van der Waals surface area contributed by atoms with Gasteiger partial charge in [-0.25, -0.2) is 23.1 Å². The maximum atomic E-state index is 15.9. The second kappa shape index (κ2) is 17.0. The van der Waals surface area contributed by atoms with E-state index in [0.29, 0.717) is 49.1 Å². The highest BCUT2D eigenvalue weighted by molar-refractivity contribution is 5.94. The molecule has 2 aromatic heterocycles. The Labute approximate surface area is 328 Å². The second-order valence-electron chi connectivity index (χ2n) is 15.8. The molecule has 3 atom stereocenters. The van der Waals surface area contributed by atoms with E-state index in [2.05, 4.69) is 42.9 Å². The Bertz CT molecular complexity index is 1900. The van der Waals surface area contributed by atoms with Crippen molar-refractivity contribution in [2.75, 3.05) is 70.2 Å². The van der Waals surface area contributed by atoms with E-state index in [9.17, 15) is 18.0 Å². The Morgan fingerprint density at radius 2 is 1.74 bits per heavy atom. The molecule has 1 aliphatic carbocycles. The van der Waals surface area contributed by atoms with Crippen LogP contribution in [0, 0.1) is 11.8 Å². The molecule has 3 saturated heterocycles. The average molecular weight is 806 g/mol. The predicted octanol–water partition coefficient (Wildman–Crippen LogP) is 4.93. The molecular weight excluding hydrogens is 753 g/mol. The number of nitrogens with zero attached hydrogens (tertiary/aromatic N) is 6. The number of carboxylic acids is 1.